The first kappa shape index (κ1) is 14.6. The molecule has 18 heavy (non-hydrogen) atoms. The van der Waals surface area contributed by atoms with Crippen molar-refractivity contribution in [3.63, 3.8) is 0 Å². The number of aliphatic hydroxyl groups excluding tert-OH is 1. The fourth-order valence-corrected chi connectivity index (χ4v) is 1.92. The number of aromatic hydroxyl groups is 1. The normalized spacial score (nSPS) is 14.1. The van der Waals surface area contributed by atoms with Crippen LogP contribution in [0.4, 0.5) is 0 Å². The SMILES string of the molecule is CCC[C@@H](O)[C@@H](N)c1c(OC)cc(O)cc1OC. The van der Waals surface area contributed by atoms with E-state index in [1.807, 2.05) is 6.92 Å². The van der Waals surface area contributed by atoms with Gasteiger partial charge in [0.25, 0.3) is 0 Å². The molecular weight excluding hydrogens is 234 g/mol. The van der Waals surface area contributed by atoms with E-state index in [9.17, 15) is 10.2 Å². The van der Waals surface area contributed by atoms with E-state index < -0.39 is 12.1 Å². The van der Waals surface area contributed by atoms with Gasteiger partial charge in [-0.1, -0.05) is 13.3 Å². The Labute approximate surface area is 107 Å². The van der Waals surface area contributed by atoms with Crippen LogP contribution in [0.3, 0.4) is 0 Å². The molecule has 0 aliphatic heterocycles. The second-order valence-corrected chi connectivity index (χ2v) is 4.15. The number of rotatable bonds is 6. The molecule has 0 radical (unpaired) electrons. The van der Waals surface area contributed by atoms with Crippen LogP contribution < -0.4 is 15.2 Å². The molecule has 5 heteroatoms. The highest BCUT2D eigenvalue weighted by molar-refractivity contribution is 5.52. The fourth-order valence-electron chi connectivity index (χ4n) is 1.92. The smallest absolute Gasteiger partial charge is 0.131 e. The molecule has 0 aliphatic carbocycles. The standard InChI is InChI=1S/C13H21NO4/c1-4-5-9(16)13(14)12-10(17-2)6-8(15)7-11(12)18-3/h6-7,9,13,15-16H,4-5,14H2,1-3H3/t9-,13-/m1/s1. The van der Waals surface area contributed by atoms with E-state index in [1.165, 1.54) is 26.4 Å². The van der Waals surface area contributed by atoms with Gasteiger partial charge >= 0.3 is 0 Å². The highest BCUT2D eigenvalue weighted by Gasteiger charge is 2.24. The van der Waals surface area contributed by atoms with Gasteiger partial charge in [-0.3, -0.25) is 0 Å². The van der Waals surface area contributed by atoms with Gasteiger partial charge in [-0.05, 0) is 6.42 Å². The maximum atomic E-state index is 9.98. The second-order valence-electron chi connectivity index (χ2n) is 4.15. The number of nitrogens with two attached hydrogens (primary N) is 1. The highest BCUT2D eigenvalue weighted by atomic mass is 16.5. The average Bonchev–Trinajstić information content (AvgIpc) is 2.36. The van der Waals surface area contributed by atoms with Crippen LogP contribution in [0.15, 0.2) is 12.1 Å². The third kappa shape index (κ3) is 3.05. The molecule has 1 rings (SSSR count). The minimum Gasteiger partial charge on any atom is -0.508 e. The zero-order chi connectivity index (χ0) is 13.7. The van der Waals surface area contributed by atoms with Crippen molar-refractivity contribution < 1.29 is 19.7 Å². The van der Waals surface area contributed by atoms with E-state index in [1.54, 1.807) is 0 Å². The van der Waals surface area contributed by atoms with Crippen LogP contribution in [0.5, 0.6) is 17.2 Å². The predicted molar refractivity (Wildman–Crippen MR) is 69.1 cm³/mol. The van der Waals surface area contributed by atoms with E-state index >= 15 is 0 Å². The predicted octanol–water partition coefficient (Wildman–Crippen LogP) is 1.57. The summed E-state index contributed by atoms with van der Waals surface area (Å²) >= 11 is 0. The van der Waals surface area contributed by atoms with Crippen molar-refractivity contribution in [2.45, 2.75) is 31.9 Å². The summed E-state index contributed by atoms with van der Waals surface area (Å²) in [5.41, 5.74) is 6.60. The monoisotopic (exact) mass is 255 g/mol. The van der Waals surface area contributed by atoms with Crippen LogP contribution in [0.2, 0.25) is 0 Å². The Morgan fingerprint density at radius 2 is 1.72 bits per heavy atom. The number of phenols is 1. The number of hydrogen-bond donors (Lipinski definition) is 3. The molecule has 0 spiro atoms. The minimum atomic E-state index is -0.678. The van der Waals surface area contributed by atoms with Gasteiger partial charge in [0.1, 0.15) is 17.2 Å². The molecule has 0 unspecified atom stereocenters. The lowest BCUT2D eigenvalue weighted by Crippen LogP contribution is -2.27. The van der Waals surface area contributed by atoms with Gasteiger partial charge in [0.05, 0.1) is 31.9 Å². The Morgan fingerprint density at radius 1 is 1.22 bits per heavy atom. The summed E-state index contributed by atoms with van der Waals surface area (Å²) in [7, 11) is 2.97. The highest BCUT2D eigenvalue weighted by Crippen LogP contribution is 2.38. The lowest BCUT2D eigenvalue weighted by atomic mass is 9.97. The first-order valence-electron chi connectivity index (χ1n) is 5.93. The molecular formula is C13H21NO4. The fraction of sp³-hybridized carbons (Fsp3) is 0.538. The number of ether oxygens (including phenoxy) is 2. The molecule has 102 valence electrons. The van der Waals surface area contributed by atoms with Crippen molar-refractivity contribution >= 4 is 0 Å². The zero-order valence-electron chi connectivity index (χ0n) is 11.0. The molecule has 4 N–H and O–H groups in total. The molecule has 1 aromatic carbocycles. The lowest BCUT2D eigenvalue weighted by Gasteiger charge is -2.23. The van der Waals surface area contributed by atoms with Crippen molar-refractivity contribution in [2.75, 3.05) is 14.2 Å². The van der Waals surface area contributed by atoms with Gasteiger partial charge in [-0.15, -0.1) is 0 Å². The number of phenolic OH excluding ortho intramolecular Hbond substituents is 1. The summed E-state index contributed by atoms with van der Waals surface area (Å²) in [6, 6.07) is 2.29. The summed E-state index contributed by atoms with van der Waals surface area (Å²) in [6.07, 6.45) is 0.744. The molecule has 1 aromatic rings. The average molecular weight is 255 g/mol. The Morgan fingerprint density at radius 3 is 2.11 bits per heavy atom. The molecule has 2 atom stereocenters. The van der Waals surface area contributed by atoms with Crippen molar-refractivity contribution in [1.29, 1.82) is 0 Å². The van der Waals surface area contributed by atoms with E-state index in [0.717, 1.165) is 6.42 Å². The quantitative estimate of drug-likeness (QED) is 0.718. The molecule has 0 saturated carbocycles. The van der Waals surface area contributed by atoms with Gasteiger partial charge < -0.3 is 25.4 Å². The van der Waals surface area contributed by atoms with Crippen molar-refractivity contribution in [3.8, 4) is 17.2 Å². The van der Waals surface area contributed by atoms with Crippen molar-refractivity contribution in [3.05, 3.63) is 17.7 Å². The third-order valence-corrected chi connectivity index (χ3v) is 2.86. The Hall–Kier alpha value is -1.46. The Kier molecular flexibility index (Phi) is 5.25. The largest absolute Gasteiger partial charge is 0.508 e. The van der Waals surface area contributed by atoms with E-state index in [2.05, 4.69) is 0 Å². The summed E-state index contributed by atoms with van der Waals surface area (Å²) in [5, 5.41) is 19.5. The molecule has 0 amide bonds. The summed E-state index contributed by atoms with van der Waals surface area (Å²) < 4.78 is 10.4. The van der Waals surface area contributed by atoms with Crippen LogP contribution >= 0.6 is 0 Å². The minimum absolute atomic E-state index is 0.0321. The van der Waals surface area contributed by atoms with Crippen LogP contribution in [-0.4, -0.2) is 30.5 Å². The molecule has 5 nitrogen and oxygen atoms in total. The second kappa shape index (κ2) is 6.47. The molecule has 0 saturated heterocycles. The lowest BCUT2D eigenvalue weighted by molar-refractivity contribution is 0.131. The van der Waals surface area contributed by atoms with Crippen LogP contribution in [0.1, 0.15) is 31.4 Å². The van der Waals surface area contributed by atoms with Crippen molar-refractivity contribution in [2.24, 2.45) is 5.73 Å². The van der Waals surface area contributed by atoms with E-state index in [-0.39, 0.29) is 5.75 Å². The third-order valence-electron chi connectivity index (χ3n) is 2.86. The first-order valence-corrected chi connectivity index (χ1v) is 5.93. The Balaban J connectivity index is 3.19. The topological polar surface area (TPSA) is 84.9 Å². The van der Waals surface area contributed by atoms with Crippen LogP contribution in [-0.2, 0) is 0 Å². The number of methoxy groups -OCH3 is 2. The summed E-state index contributed by atoms with van der Waals surface area (Å²) in [4.78, 5) is 0. The molecule has 0 aromatic heterocycles. The first-order chi connectivity index (χ1) is 8.54. The maximum absolute atomic E-state index is 9.98. The molecule has 0 heterocycles. The Bertz CT molecular complexity index is 370. The molecule has 0 fully saturated rings. The van der Waals surface area contributed by atoms with Gasteiger partial charge in [0.15, 0.2) is 0 Å². The van der Waals surface area contributed by atoms with Gasteiger partial charge in [-0.2, -0.15) is 0 Å². The number of benzene rings is 1. The van der Waals surface area contributed by atoms with Crippen molar-refractivity contribution in [1.82, 2.24) is 0 Å². The van der Waals surface area contributed by atoms with Crippen LogP contribution in [0, 0.1) is 0 Å². The summed E-state index contributed by atoms with van der Waals surface area (Å²) in [6.45, 7) is 1.97. The van der Waals surface area contributed by atoms with Gasteiger partial charge in [-0.25, -0.2) is 0 Å². The van der Waals surface area contributed by atoms with Gasteiger partial charge in [0.2, 0.25) is 0 Å². The maximum Gasteiger partial charge on any atom is 0.131 e. The molecule has 0 bridgehead atoms. The van der Waals surface area contributed by atoms with Crippen LogP contribution in [0.25, 0.3) is 0 Å². The number of aliphatic hydroxyl groups is 1. The van der Waals surface area contributed by atoms with E-state index in [0.29, 0.717) is 23.5 Å². The zero-order valence-corrected chi connectivity index (χ0v) is 11.0. The van der Waals surface area contributed by atoms with E-state index in [4.69, 9.17) is 15.2 Å². The van der Waals surface area contributed by atoms with Gasteiger partial charge in [0, 0.05) is 12.1 Å². The number of hydrogen-bond acceptors (Lipinski definition) is 5. The molecule has 0 aliphatic rings. The summed E-state index contributed by atoms with van der Waals surface area (Å²) in [5.74, 6) is 0.855.